The van der Waals surface area contributed by atoms with Crippen molar-refractivity contribution in [3.8, 4) is 0 Å². The number of amides is 2. The van der Waals surface area contributed by atoms with Crippen molar-refractivity contribution in [2.24, 2.45) is 0 Å². The number of rotatable bonds is 2. The molecule has 90 valence electrons. The first-order chi connectivity index (χ1) is 7.29. The van der Waals surface area contributed by atoms with Gasteiger partial charge in [-0.3, -0.25) is 0 Å². The van der Waals surface area contributed by atoms with Crippen LogP contribution in [-0.4, -0.2) is 23.5 Å². The van der Waals surface area contributed by atoms with Crippen molar-refractivity contribution in [3.63, 3.8) is 0 Å². The van der Waals surface area contributed by atoms with Crippen LogP contribution in [0.5, 0.6) is 0 Å². The standard InChI is InChI=1S/C12H20N2O2/c1-9-10(6-7-16-9)8-14(5)11(15)13-12(2,3)4/h6-7H,8H2,1-5H3,(H,13,15). The van der Waals surface area contributed by atoms with E-state index in [-0.39, 0.29) is 11.6 Å². The van der Waals surface area contributed by atoms with Crippen molar-refractivity contribution in [3.05, 3.63) is 23.7 Å². The Morgan fingerprint density at radius 2 is 2.12 bits per heavy atom. The summed E-state index contributed by atoms with van der Waals surface area (Å²) >= 11 is 0. The highest BCUT2D eigenvalue weighted by atomic mass is 16.3. The maximum absolute atomic E-state index is 11.8. The zero-order chi connectivity index (χ0) is 12.3. The molecule has 4 nitrogen and oxygen atoms in total. The third-order valence-corrected chi connectivity index (χ3v) is 2.20. The smallest absolute Gasteiger partial charge is 0.317 e. The molecule has 0 spiro atoms. The van der Waals surface area contributed by atoms with Crippen LogP contribution in [0.15, 0.2) is 16.7 Å². The average molecular weight is 224 g/mol. The van der Waals surface area contributed by atoms with Gasteiger partial charge in [-0.1, -0.05) is 0 Å². The van der Waals surface area contributed by atoms with Gasteiger partial charge in [-0.15, -0.1) is 0 Å². The molecule has 0 fully saturated rings. The highest BCUT2D eigenvalue weighted by molar-refractivity contribution is 5.74. The Hall–Kier alpha value is -1.45. The van der Waals surface area contributed by atoms with Crippen LogP contribution >= 0.6 is 0 Å². The van der Waals surface area contributed by atoms with Gasteiger partial charge in [0.05, 0.1) is 12.8 Å². The Labute approximate surface area is 96.6 Å². The van der Waals surface area contributed by atoms with Crippen molar-refractivity contribution in [1.82, 2.24) is 10.2 Å². The molecule has 2 amide bonds. The molecule has 1 rings (SSSR count). The highest BCUT2D eigenvalue weighted by Gasteiger charge is 2.17. The van der Waals surface area contributed by atoms with Gasteiger partial charge in [-0.2, -0.15) is 0 Å². The SMILES string of the molecule is Cc1occc1CN(C)C(=O)NC(C)(C)C. The number of furan rings is 1. The van der Waals surface area contributed by atoms with Gasteiger partial charge in [-0.05, 0) is 33.8 Å². The van der Waals surface area contributed by atoms with E-state index in [2.05, 4.69) is 5.32 Å². The molecule has 0 bridgehead atoms. The van der Waals surface area contributed by atoms with E-state index in [0.29, 0.717) is 6.54 Å². The molecule has 0 aromatic carbocycles. The molecular formula is C12H20N2O2. The van der Waals surface area contributed by atoms with E-state index in [9.17, 15) is 4.79 Å². The lowest BCUT2D eigenvalue weighted by Gasteiger charge is -2.25. The number of nitrogens with zero attached hydrogens (tertiary/aromatic N) is 1. The average Bonchev–Trinajstić information content (AvgIpc) is 2.49. The van der Waals surface area contributed by atoms with Crippen molar-refractivity contribution in [2.75, 3.05) is 7.05 Å². The van der Waals surface area contributed by atoms with E-state index in [1.807, 2.05) is 33.8 Å². The molecule has 0 saturated heterocycles. The summed E-state index contributed by atoms with van der Waals surface area (Å²) in [5.41, 5.74) is 0.822. The van der Waals surface area contributed by atoms with Crippen LogP contribution in [0.2, 0.25) is 0 Å². The Kier molecular flexibility index (Phi) is 3.62. The second-order valence-corrected chi connectivity index (χ2v) is 5.04. The van der Waals surface area contributed by atoms with E-state index in [4.69, 9.17) is 4.42 Å². The minimum atomic E-state index is -0.212. The Morgan fingerprint density at radius 1 is 1.50 bits per heavy atom. The molecule has 0 aliphatic carbocycles. The molecule has 0 aliphatic heterocycles. The monoisotopic (exact) mass is 224 g/mol. The topological polar surface area (TPSA) is 45.5 Å². The molecule has 4 heteroatoms. The third kappa shape index (κ3) is 3.61. The lowest BCUT2D eigenvalue weighted by Crippen LogP contribution is -2.46. The third-order valence-electron chi connectivity index (χ3n) is 2.20. The molecule has 0 radical (unpaired) electrons. The summed E-state index contributed by atoms with van der Waals surface area (Å²) in [7, 11) is 1.77. The van der Waals surface area contributed by atoms with Gasteiger partial charge in [-0.25, -0.2) is 4.79 Å². The molecule has 1 heterocycles. The van der Waals surface area contributed by atoms with Crippen LogP contribution < -0.4 is 5.32 Å². The van der Waals surface area contributed by atoms with Gasteiger partial charge in [0, 0.05) is 18.2 Å². The van der Waals surface area contributed by atoms with Crippen LogP contribution in [0.1, 0.15) is 32.1 Å². The van der Waals surface area contributed by atoms with Crippen LogP contribution in [0.25, 0.3) is 0 Å². The number of urea groups is 1. The summed E-state index contributed by atoms with van der Waals surface area (Å²) in [6, 6.07) is 1.81. The summed E-state index contributed by atoms with van der Waals surface area (Å²) in [4.78, 5) is 13.4. The fourth-order valence-corrected chi connectivity index (χ4v) is 1.32. The van der Waals surface area contributed by atoms with E-state index < -0.39 is 0 Å². The fourth-order valence-electron chi connectivity index (χ4n) is 1.32. The van der Waals surface area contributed by atoms with Crippen molar-refractivity contribution in [2.45, 2.75) is 39.8 Å². The van der Waals surface area contributed by atoms with E-state index >= 15 is 0 Å². The van der Waals surface area contributed by atoms with E-state index in [0.717, 1.165) is 11.3 Å². The number of hydrogen-bond acceptors (Lipinski definition) is 2. The van der Waals surface area contributed by atoms with Crippen molar-refractivity contribution < 1.29 is 9.21 Å². The molecule has 0 unspecified atom stereocenters. The quantitative estimate of drug-likeness (QED) is 0.839. The first kappa shape index (κ1) is 12.6. The van der Waals surface area contributed by atoms with Gasteiger partial charge >= 0.3 is 6.03 Å². The van der Waals surface area contributed by atoms with Gasteiger partial charge in [0.15, 0.2) is 0 Å². The summed E-state index contributed by atoms with van der Waals surface area (Å²) in [5.74, 6) is 0.857. The lowest BCUT2D eigenvalue weighted by molar-refractivity contribution is 0.197. The van der Waals surface area contributed by atoms with Gasteiger partial charge in [0.25, 0.3) is 0 Å². The molecule has 1 aromatic heterocycles. The predicted octanol–water partition coefficient (Wildman–Crippen LogP) is 2.53. The van der Waals surface area contributed by atoms with E-state index in [1.54, 1.807) is 18.2 Å². The summed E-state index contributed by atoms with van der Waals surface area (Å²) < 4.78 is 5.19. The normalized spacial score (nSPS) is 11.3. The number of carbonyl (C=O) groups is 1. The van der Waals surface area contributed by atoms with Crippen molar-refractivity contribution in [1.29, 1.82) is 0 Å². The molecule has 0 saturated carbocycles. The molecule has 16 heavy (non-hydrogen) atoms. The second kappa shape index (κ2) is 4.60. The lowest BCUT2D eigenvalue weighted by atomic mass is 10.1. The van der Waals surface area contributed by atoms with Crippen molar-refractivity contribution >= 4 is 6.03 Å². The molecule has 1 N–H and O–H groups in total. The Balaban J connectivity index is 2.56. The fraction of sp³-hybridized carbons (Fsp3) is 0.583. The number of nitrogens with one attached hydrogen (secondary N) is 1. The van der Waals surface area contributed by atoms with Gasteiger partial charge in [0.1, 0.15) is 5.76 Å². The number of hydrogen-bond donors (Lipinski definition) is 1. The minimum Gasteiger partial charge on any atom is -0.469 e. The van der Waals surface area contributed by atoms with Crippen LogP contribution in [0.4, 0.5) is 4.79 Å². The highest BCUT2D eigenvalue weighted by Crippen LogP contribution is 2.11. The Morgan fingerprint density at radius 3 is 2.56 bits per heavy atom. The first-order valence-electron chi connectivity index (χ1n) is 5.36. The Bertz CT molecular complexity index is 363. The molecule has 0 atom stereocenters. The largest absolute Gasteiger partial charge is 0.469 e. The van der Waals surface area contributed by atoms with Crippen LogP contribution in [0.3, 0.4) is 0 Å². The maximum atomic E-state index is 11.8. The van der Waals surface area contributed by atoms with E-state index in [1.165, 1.54) is 0 Å². The zero-order valence-electron chi connectivity index (χ0n) is 10.6. The van der Waals surface area contributed by atoms with Crippen LogP contribution in [-0.2, 0) is 6.54 Å². The van der Waals surface area contributed by atoms with Gasteiger partial charge in [0.2, 0.25) is 0 Å². The van der Waals surface area contributed by atoms with Crippen LogP contribution in [0, 0.1) is 6.92 Å². The maximum Gasteiger partial charge on any atom is 0.317 e. The number of aryl methyl sites for hydroxylation is 1. The minimum absolute atomic E-state index is 0.0758. The first-order valence-corrected chi connectivity index (χ1v) is 5.36. The molecule has 1 aromatic rings. The summed E-state index contributed by atoms with van der Waals surface area (Å²) in [5, 5.41) is 2.91. The molecule has 0 aliphatic rings. The number of carbonyl (C=O) groups excluding carboxylic acids is 1. The second-order valence-electron chi connectivity index (χ2n) is 5.04. The summed E-state index contributed by atoms with van der Waals surface area (Å²) in [6.07, 6.45) is 1.64. The predicted molar refractivity (Wildman–Crippen MR) is 63.2 cm³/mol. The molecular weight excluding hydrogens is 204 g/mol. The zero-order valence-corrected chi connectivity index (χ0v) is 10.6. The summed E-state index contributed by atoms with van der Waals surface area (Å²) in [6.45, 7) is 8.33. The van der Waals surface area contributed by atoms with Gasteiger partial charge < -0.3 is 14.6 Å².